The third-order valence-electron chi connectivity index (χ3n) is 2.91. The molecule has 1 aliphatic heterocycles. The van der Waals surface area contributed by atoms with Gasteiger partial charge in [0.1, 0.15) is 0 Å². The fraction of sp³-hybridized carbons (Fsp3) is 0.231. The van der Waals surface area contributed by atoms with Crippen LogP contribution in [0.4, 0.5) is 0 Å². The van der Waals surface area contributed by atoms with E-state index in [2.05, 4.69) is 29.2 Å². The number of nitrogens with zero attached hydrogens (tertiary/aromatic N) is 2. The summed E-state index contributed by atoms with van der Waals surface area (Å²) >= 11 is 1.85. The molecule has 1 unspecified atom stereocenters. The van der Waals surface area contributed by atoms with E-state index in [-0.39, 0.29) is 5.56 Å². The summed E-state index contributed by atoms with van der Waals surface area (Å²) in [6, 6.07) is 9.94. The molecule has 0 radical (unpaired) electrons. The molecular weight excluding hydrogens is 232 g/mol. The third-order valence-corrected chi connectivity index (χ3v) is 4.21. The lowest BCUT2D eigenvalue weighted by atomic mass is 10.1. The zero-order valence-electron chi connectivity index (χ0n) is 9.24. The van der Waals surface area contributed by atoms with Gasteiger partial charge in [-0.15, -0.1) is 11.8 Å². The normalized spacial score (nSPS) is 18.0. The van der Waals surface area contributed by atoms with Gasteiger partial charge in [-0.2, -0.15) is 0 Å². The quantitative estimate of drug-likeness (QED) is 0.810. The monoisotopic (exact) mass is 244 g/mol. The van der Waals surface area contributed by atoms with Gasteiger partial charge in [-0.05, 0) is 18.1 Å². The Morgan fingerprint density at radius 2 is 2.24 bits per heavy atom. The van der Waals surface area contributed by atoms with Crippen LogP contribution in [0.25, 0.3) is 0 Å². The van der Waals surface area contributed by atoms with Gasteiger partial charge in [0.2, 0.25) is 0 Å². The topological polar surface area (TPSA) is 34.9 Å². The van der Waals surface area contributed by atoms with Crippen LogP contribution in [0.15, 0.2) is 52.5 Å². The zero-order chi connectivity index (χ0) is 11.7. The highest BCUT2D eigenvalue weighted by atomic mass is 32.2. The Morgan fingerprint density at radius 1 is 1.35 bits per heavy atom. The Bertz CT molecular complexity index is 569. The van der Waals surface area contributed by atoms with Crippen LogP contribution in [0.1, 0.15) is 5.56 Å². The molecule has 0 amide bonds. The molecule has 0 bridgehead atoms. The van der Waals surface area contributed by atoms with Crippen LogP contribution in [0.5, 0.6) is 0 Å². The van der Waals surface area contributed by atoms with Crippen molar-refractivity contribution in [1.82, 2.24) is 9.55 Å². The molecule has 2 heterocycles. The molecule has 0 fully saturated rings. The fourth-order valence-electron chi connectivity index (χ4n) is 2.09. The molecular formula is C13H12N2OS. The summed E-state index contributed by atoms with van der Waals surface area (Å²) in [5, 5.41) is 0.439. The lowest BCUT2D eigenvalue weighted by Crippen LogP contribution is -2.24. The first-order valence-electron chi connectivity index (χ1n) is 5.58. The zero-order valence-corrected chi connectivity index (χ0v) is 10.1. The number of thioether (sulfide) groups is 1. The molecule has 17 heavy (non-hydrogen) atoms. The maximum atomic E-state index is 11.6. The summed E-state index contributed by atoms with van der Waals surface area (Å²) in [6.07, 6.45) is 4.18. The van der Waals surface area contributed by atoms with Gasteiger partial charge in [0.05, 0.1) is 6.33 Å². The minimum Gasteiger partial charge on any atom is -0.298 e. The first-order chi connectivity index (χ1) is 8.33. The molecule has 1 aromatic heterocycles. The smallest absolute Gasteiger partial charge is 0.253 e. The first-order valence-corrected chi connectivity index (χ1v) is 6.46. The van der Waals surface area contributed by atoms with Crippen LogP contribution < -0.4 is 5.56 Å². The van der Waals surface area contributed by atoms with Crippen molar-refractivity contribution in [3.8, 4) is 0 Å². The molecule has 3 nitrogen and oxygen atoms in total. The minimum atomic E-state index is 0.0246. The largest absolute Gasteiger partial charge is 0.298 e. The molecule has 0 spiro atoms. The maximum absolute atomic E-state index is 11.6. The molecule has 0 saturated carbocycles. The standard InChI is InChI=1S/C13H12N2OS/c16-13-5-6-14-9-15(13)8-11-7-10-3-1-2-4-12(10)17-11/h1-6,9,11H,7-8H2. The van der Waals surface area contributed by atoms with Crippen molar-refractivity contribution >= 4 is 11.8 Å². The molecule has 1 aliphatic rings. The number of hydrogen-bond acceptors (Lipinski definition) is 3. The van der Waals surface area contributed by atoms with E-state index in [1.54, 1.807) is 10.9 Å². The summed E-state index contributed by atoms with van der Waals surface area (Å²) in [4.78, 5) is 16.9. The van der Waals surface area contributed by atoms with Crippen LogP contribution in [-0.4, -0.2) is 14.8 Å². The maximum Gasteiger partial charge on any atom is 0.253 e. The van der Waals surface area contributed by atoms with Crippen molar-refractivity contribution in [2.45, 2.75) is 23.1 Å². The Labute approximate surface area is 104 Å². The van der Waals surface area contributed by atoms with E-state index < -0.39 is 0 Å². The second-order valence-corrected chi connectivity index (χ2v) is 5.46. The highest BCUT2D eigenvalue weighted by Crippen LogP contribution is 2.37. The SMILES string of the molecule is O=c1ccncn1CC1Cc2ccccc2S1. The second-order valence-electron chi connectivity index (χ2n) is 4.12. The highest BCUT2D eigenvalue weighted by molar-refractivity contribution is 8.00. The van der Waals surface area contributed by atoms with Crippen LogP contribution in [0.3, 0.4) is 0 Å². The van der Waals surface area contributed by atoms with E-state index in [9.17, 15) is 4.79 Å². The van der Waals surface area contributed by atoms with E-state index in [1.807, 2.05) is 11.8 Å². The molecule has 4 heteroatoms. The van der Waals surface area contributed by atoms with Crippen molar-refractivity contribution < 1.29 is 0 Å². The number of fused-ring (bicyclic) bond motifs is 1. The van der Waals surface area contributed by atoms with Gasteiger partial charge in [0.25, 0.3) is 5.56 Å². The van der Waals surface area contributed by atoms with Crippen molar-refractivity contribution in [2.24, 2.45) is 0 Å². The first kappa shape index (κ1) is 10.6. The molecule has 1 aromatic carbocycles. The summed E-state index contributed by atoms with van der Waals surface area (Å²) in [5.74, 6) is 0. The summed E-state index contributed by atoms with van der Waals surface area (Å²) < 4.78 is 1.68. The van der Waals surface area contributed by atoms with Crippen molar-refractivity contribution in [2.75, 3.05) is 0 Å². The van der Waals surface area contributed by atoms with Gasteiger partial charge >= 0.3 is 0 Å². The predicted molar refractivity (Wildman–Crippen MR) is 68.3 cm³/mol. The molecule has 3 rings (SSSR count). The lowest BCUT2D eigenvalue weighted by Gasteiger charge is -2.09. The van der Waals surface area contributed by atoms with Gasteiger partial charge in [0, 0.05) is 29.0 Å². The van der Waals surface area contributed by atoms with Gasteiger partial charge in [-0.25, -0.2) is 4.98 Å². The van der Waals surface area contributed by atoms with Crippen molar-refractivity contribution in [3.63, 3.8) is 0 Å². The summed E-state index contributed by atoms with van der Waals surface area (Å²) in [7, 11) is 0. The fourth-order valence-corrected chi connectivity index (χ4v) is 3.41. The molecule has 0 aliphatic carbocycles. The molecule has 0 N–H and O–H groups in total. The Balaban J connectivity index is 1.78. The lowest BCUT2D eigenvalue weighted by molar-refractivity contribution is 0.630. The van der Waals surface area contributed by atoms with Crippen LogP contribution in [-0.2, 0) is 13.0 Å². The number of aromatic nitrogens is 2. The summed E-state index contributed by atoms with van der Waals surface area (Å²) in [5.41, 5.74) is 1.41. The van der Waals surface area contributed by atoms with Gasteiger partial charge in [-0.3, -0.25) is 9.36 Å². The average molecular weight is 244 g/mol. The minimum absolute atomic E-state index is 0.0246. The Kier molecular flexibility index (Phi) is 2.73. The Hall–Kier alpha value is -1.55. The van der Waals surface area contributed by atoms with Crippen molar-refractivity contribution in [1.29, 1.82) is 0 Å². The van der Waals surface area contributed by atoms with Crippen LogP contribution >= 0.6 is 11.8 Å². The van der Waals surface area contributed by atoms with Gasteiger partial charge in [-0.1, -0.05) is 18.2 Å². The second kappa shape index (κ2) is 4.37. The van der Waals surface area contributed by atoms with Gasteiger partial charge in [0.15, 0.2) is 0 Å². The predicted octanol–water partition coefficient (Wildman–Crippen LogP) is 1.96. The molecule has 0 saturated heterocycles. The molecule has 86 valence electrons. The third kappa shape index (κ3) is 2.13. The van der Waals surface area contributed by atoms with Crippen LogP contribution in [0, 0.1) is 0 Å². The molecule has 2 aromatic rings. The van der Waals surface area contributed by atoms with E-state index in [1.165, 1.54) is 22.7 Å². The average Bonchev–Trinajstić information content (AvgIpc) is 2.74. The van der Waals surface area contributed by atoms with Crippen LogP contribution in [0.2, 0.25) is 0 Å². The molecule has 1 atom stereocenters. The summed E-state index contributed by atoms with van der Waals surface area (Å²) in [6.45, 7) is 0.728. The number of benzene rings is 1. The van der Waals surface area contributed by atoms with Crippen molar-refractivity contribution in [3.05, 3.63) is 58.8 Å². The Morgan fingerprint density at radius 3 is 3.06 bits per heavy atom. The van der Waals surface area contributed by atoms with E-state index in [4.69, 9.17) is 0 Å². The highest BCUT2D eigenvalue weighted by Gasteiger charge is 2.22. The number of rotatable bonds is 2. The number of hydrogen-bond donors (Lipinski definition) is 0. The van der Waals surface area contributed by atoms with E-state index in [0.29, 0.717) is 5.25 Å². The van der Waals surface area contributed by atoms with Gasteiger partial charge < -0.3 is 0 Å². The van der Waals surface area contributed by atoms with E-state index >= 15 is 0 Å². The van der Waals surface area contributed by atoms with E-state index in [0.717, 1.165) is 13.0 Å².